The van der Waals surface area contributed by atoms with Crippen LogP contribution < -0.4 is 10.6 Å². The zero-order valence-corrected chi connectivity index (χ0v) is 13.7. The second-order valence-corrected chi connectivity index (χ2v) is 6.63. The first-order valence-electron chi connectivity index (χ1n) is 8.62. The van der Waals surface area contributed by atoms with E-state index in [0.29, 0.717) is 11.7 Å². The molecule has 1 heterocycles. The molecular formula is C17H24N4O3. The number of benzene rings is 1. The van der Waals surface area contributed by atoms with Crippen LogP contribution in [-0.2, 0) is 4.79 Å². The molecule has 3 rings (SSSR count). The summed E-state index contributed by atoms with van der Waals surface area (Å²) in [6.45, 7) is 2.70. The smallest absolute Gasteiger partial charge is 0.292 e. The van der Waals surface area contributed by atoms with E-state index >= 15 is 0 Å². The summed E-state index contributed by atoms with van der Waals surface area (Å²) in [5, 5.41) is 17.5. The Morgan fingerprint density at radius 3 is 2.58 bits per heavy atom. The second kappa shape index (κ2) is 7.61. The van der Waals surface area contributed by atoms with Crippen molar-refractivity contribution in [3.63, 3.8) is 0 Å². The Hall–Kier alpha value is -2.15. The molecule has 2 aliphatic rings. The number of anilines is 1. The van der Waals surface area contributed by atoms with Crippen molar-refractivity contribution < 1.29 is 9.72 Å². The van der Waals surface area contributed by atoms with Crippen molar-refractivity contribution in [2.24, 2.45) is 5.92 Å². The minimum atomic E-state index is -0.441. The molecule has 1 aromatic carbocycles. The topological polar surface area (TPSA) is 87.5 Å². The van der Waals surface area contributed by atoms with Gasteiger partial charge in [-0.15, -0.1) is 0 Å². The van der Waals surface area contributed by atoms with Gasteiger partial charge in [0.25, 0.3) is 5.69 Å². The summed E-state index contributed by atoms with van der Waals surface area (Å²) in [5.74, 6) is 0.865. The highest BCUT2D eigenvalue weighted by Crippen LogP contribution is 2.28. The van der Waals surface area contributed by atoms with Gasteiger partial charge in [0.2, 0.25) is 5.91 Å². The zero-order chi connectivity index (χ0) is 16.9. The Morgan fingerprint density at radius 1 is 1.21 bits per heavy atom. The van der Waals surface area contributed by atoms with E-state index in [1.165, 1.54) is 18.9 Å². The van der Waals surface area contributed by atoms with E-state index in [2.05, 4.69) is 10.6 Å². The monoisotopic (exact) mass is 332 g/mol. The van der Waals surface area contributed by atoms with Crippen molar-refractivity contribution in [2.75, 3.05) is 31.5 Å². The molecule has 7 heteroatoms. The third-order valence-corrected chi connectivity index (χ3v) is 4.77. The van der Waals surface area contributed by atoms with Gasteiger partial charge in [-0.05, 0) is 44.2 Å². The first-order valence-corrected chi connectivity index (χ1v) is 8.62. The van der Waals surface area contributed by atoms with Gasteiger partial charge in [0.05, 0.1) is 11.5 Å². The maximum atomic E-state index is 12.3. The average Bonchev–Trinajstić information content (AvgIpc) is 3.43. The van der Waals surface area contributed by atoms with E-state index in [-0.39, 0.29) is 18.1 Å². The number of nitro groups is 1. The Balaban J connectivity index is 1.43. The first-order chi connectivity index (χ1) is 11.6. The number of nitrogens with zero attached hydrogens (tertiary/aromatic N) is 2. The van der Waals surface area contributed by atoms with Gasteiger partial charge in [-0.25, -0.2) is 0 Å². The average molecular weight is 332 g/mol. The number of piperidine rings is 1. The molecule has 1 saturated carbocycles. The van der Waals surface area contributed by atoms with Crippen LogP contribution in [-0.4, -0.2) is 48.0 Å². The maximum Gasteiger partial charge on any atom is 0.292 e. The van der Waals surface area contributed by atoms with Crippen LogP contribution in [0.5, 0.6) is 0 Å². The molecule has 1 aliphatic heterocycles. The lowest BCUT2D eigenvalue weighted by molar-refractivity contribution is -0.383. The molecule has 1 amide bonds. The number of nitrogens with one attached hydrogen (secondary N) is 2. The van der Waals surface area contributed by atoms with Crippen molar-refractivity contribution in [3.8, 4) is 0 Å². The molecule has 0 unspecified atom stereocenters. The number of hydrogen-bond acceptors (Lipinski definition) is 5. The quantitative estimate of drug-likeness (QED) is 0.589. The van der Waals surface area contributed by atoms with Crippen LogP contribution in [0.4, 0.5) is 11.4 Å². The first kappa shape index (κ1) is 16.7. The summed E-state index contributed by atoms with van der Waals surface area (Å²) in [6.07, 6.45) is 4.65. The third kappa shape index (κ3) is 4.44. The third-order valence-electron chi connectivity index (χ3n) is 4.77. The minimum absolute atomic E-state index is 0.00575. The van der Waals surface area contributed by atoms with Crippen LogP contribution >= 0.6 is 0 Å². The summed E-state index contributed by atoms with van der Waals surface area (Å²) in [6, 6.07) is 6.91. The molecule has 130 valence electrons. The van der Waals surface area contributed by atoms with E-state index in [9.17, 15) is 14.9 Å². The summed E-state index contributed by atoms with van der Waals surface area (Å²) in [4.78, 5) is 24.7. The predicted octanol–water partition coefficient (Wildman–Crippen LogP) is 2.00. The van der Waals surface area contributed by atoms with E-state index in [4.69, 9.17) is 0 Å². The van der Waals surface area contributed by atoms with Gasteiger partial charge in [0.15, 0.2) is 0 Å². The Labute approximate surface area is 141 Å². The molecule has 0 atom stereocenters. The number of rotatable bonds is 7. The van der Waals surface area contributed by atoms with Crippen LogP contribution in [0.25, 0.3) is 0 Å². The molecule has 2 fully saturated rings. The Bertz CT molecular complexity index is 595. The van der Waals surface area contributed by atoms with Gasteiger partial charge in [-0.3, -0.25) is 14.9 Å². The zero-order valence-electron chi connectivity index (χ0n) is 13.7. The lowest BCUT2D eigenvalue weighted by Gasteiger charge is -2.32. The molecular weight excluding hydrogens is 308 g/mol. The normalized spacial score (nSPS) is 18.4. The molecule has 24 heavy (non-hydrogen) atoms. The largest absolute Gasteiger partial charge is 0.371 e. The van der Waals surface area contributed by atoms with Crippen LogP contribution in [0, 0.1) is 16.0 Å². The van der Waals surface area contributed by atoms with Crippen molar-refractivity contribution in [1.29, 1.82) is 0 Å². The SMILES string of the molecule is O=C(CNc1ccccc1[N+](=O)[O-])N1CCC(NCC2CC2)CC1. The van der Waals surface area contributed by atoms with Crippen molar-refractivity contribution in [3.05, 3.63) is 34.4 Å². The second-order valence-electron chi connectivity index (χ2n) is 6.63. The Kier molecular flexibility index (Phi) is 5.30. The highest BCUT2D eigenvalue weighted by Gasteiger charge is 2.26. The van der Waals surface area contributed by atoms with Crippen molar-refractivity contribution >= 4 is 17.3 Å². The van der Waals surface area contributed by atoms with E-state index in [0.717, 1.165) is 38.4 Å². The van der Waals surface area contributed by atoms with Crippen LogP contribution in [0.2, 0.25) is 0 Å². The van der Waals surface area contributed by atoms with Gasteiger partial charge < -0.3 is 15.5 Å². The van der Waals surface area contributed by atoms with Crippen LogP contribution in [0.1, 0.15) is 25.7 Å². The lowest BCUT2D eigenvalue weighted by atomic mass is 10.0. The van der Waals surface area contributed by atoms with Gasteiger partial charge in [0.1, 0.15) is 5.69 Å². The summed E-state index contributed by atoms with van der Waals surface area (Å²) >= 11 is 0. The predicted molar refractivity (Wildman–Crippen MR) is 91.9 cm³/mol. The highest BCUT2D eigenvalue weighted by molar-refractivity contribution is 5.82. The van der Waals surface area contributed by atoms with Gasteiger partial charge in [-0.2, -0.15) is 0 Å². The van der Waals surface area contributed by atoms with Gasteiger partial charge in [0, 0.05) is 25.2 Å². The summed E-state index contributed by atoms with van der Waals surface area (Å²) in [7, 11) is 0. The van der Waals surface area contributed by atoms with Crippen LogP contribution in [0.15, 0.2) is 24.3 Å². The molecule has 0 spiro atoms. The molecule has 7 nitrogen and oxygen atoms in total. The van der Waals surface area contributed by atoms with Gasteiger partial charge >= 0.3 is 0 Å². The molecule has 0 aromatic heterocycles. The molecule has 1 aromatic rings. The van der Waals surface area contributed by atoms with Gasteiger partial charge in [-0.1, -0.05) is 12.1 Å². The van der Waals surface area contributed by atoms with E-state index in [1.54, 1.807) is 18.2 Å². The number of amides is 1. The van der Waals surface area contributed by atoms with Crippen LogP contribution in [0.3, 0.4) is 0 Å². The number of hydrogen-bond donors (Lipinski definition) is 2. The molecule has 2 N–H and O–H groups in total. The van der Waals surface area contributed by atoms with E-state index < -0.39 is 4.92 Å². The molecule has 0 radical (unpaired) electrons. The fourth-order valence-electron chi connectivity index (χ4n) is 3.05. The summed E-state index contributed by atoms with van der Waals surface area (Å²) in [5.41, 5.74) is 0.380. The number of carbonyl (C=O) groups excluding carboxylic acids is 1. The fourth-order valence-corrected chi connectivity index (χ4v) is 3.05. The molecule has 0 bridgehead atoms. The molecule has 1 aliphatic carbocycles. The fraction of sp³-hybridized carbons (Fsp3) is 0.588. The van der Waals surface area contributed by atoms with Crippen molar-refractivity contribution in [2.45, 2.75) is 31.7 Å². The minimum Gasteiger partial charge on any atom is -0.371 e. The number of carbonyl (C=O) groups is 1. The standard InChI is InChI=1S/C17H24N4O3/c22-17(12-19-15-3-1-2-4-16(15)21(23)24)20-9-7-14(8-10-20)18-11-13-5-6-13/h1-4,13-14,18-19H,5-12H2. The van der Waals surface area contributed by atoms with Crippen molar-refractivity contribution in [1.82, 2.24) is 10.2 Å². The number of nitro benzene ring substituents is 1. The van der Waals surface area contributed by atoms with E-state index in [1.807, 2.05) is 4.90 Å². The Morgan fingerprint density at radius 2 is 1.92 bits per heavy atom. The number of likely N-dealkylation sites (tertiary alicyclic amines) is 1. The number of para-hydroxylation sites is 2. The highest BCUT2D eigenvalue weighted by atomic mass is 16.6. The lowest BCUT2D eigenvalue weighted by Crippen LogP contribution is -2.46. The molecule has 1 saturated heterocycles. The summed E-state index contributed by atoms with van der Waals surface area (Å²) < 4.78 is 0. The maximum absolute atomic E-state index is 12.3.